The Morgan fingerprint density at radius 1 is 1.18 bits per heavy atom. The van der Waals surface area contributed by atoms with E-state index >= 15 is 0 Å². The largest absolute Gasteiger partial charge is 0.486 e. The van der Waals surface area contributed by atoms with Gasteiger partial charge in [-0.15, -0.1) is 0 Å². The van der Waals surface area contributed by atoms with Crippen molar-refractivity contribution in [2.75, 3.05) is 18.8 Å². The normalized spacial score (nSPS) is 15.6. The van der Waals surface area contributed by atoms with Crippen molar-refractivity contribution in [3.8, 4) is 5.75 Å². The molecule has 0 aromatic heterocycles. The van der Waals surface area contributed by atoms with E-state index in [0.717, 1.165) is 46.8 Å². The number of ketones is 1. The summed E-state index contributed by atoms with van der Waals surface area (Å²) in [7, 11) is 0. The van der Waals surface area contributed by atoms with Gasteiger partial charge in [0.1, 0.15) is 17.0 Å². The molecule has 1 fully saturated rings. The number of likely N-dealkylation sites (tertiary alicyclic amines) is 1. The molecular weight excluding hydrogens is 546 g/mol. The van der Waals surface area contributed by atoms with E-state index in [4.69, 9.17) is 20.6 Å². The first-order valence-electron chi connectivity index (χ1n) is 12.9. The highest BCUT2D eigenvalue weighted by Gasteiger charge is 2.42. The lowest BCUT2D eigenvalue weighted by atomic mass is 9.81. The topological polar surface area (TPSA) is 106 Å². The number of rotatable bonds is 2. The monoisotopic (exact) mass is 585 g/mol. The minimum absolute atomic E-state index is 0.0730. The highest BCUT2D eigenvalue weighted by Crippen LogP contribution is 2.45. The number of nitrogens with two attached hydrogens (primary N) is 1. The van der Waals surface area contributed by atoms with Crippen LogP contribution in [0.2, 0.25) is 0 Å². The van der Waals surface area contributed by atoms with Crippen LogP contribution in [0, 0.1) is 5.41 Å². The summed E-state index contributed by atoms with van der Waals surface area (Å²) in [6.07, 6.45) is 3.29. The average Bonchev–Trinajstić information content (AvgIpc) is 2.85. The lowest BCUT2D eigenvalue weighted by Crippen LogP contribution is -2.51. The van der Waals surface area contributed by atoms with Crippen LogP contribution >= 0.6 is 15.9 Å². The number of hydrogen-bond acceptors (Lipinski definition) is 6. The molecule has 0 bridgehead atoms. The van der Waals surface area contributed by atoms with Gasteiger partial charge in [0.15, 0.2) is 5.78 Å². The van der Waals surface area contributed by atoms with Gasteiger partial charge >= 0.3 is 6.09 Å². The predicted molar refractivity (Wildman–Crippen MR) is 158 cm³/mol. The van der Waals surface area contributed by atoms with Crippen LogP contribution in [0.15, 0.2) is 47.4 Å². The number of nitrogens with one attached hydrogen (secondary N) is 1. The van der Waals surface area contributed by atoms with Gasteiger partial charge in [0.05, 0.1) is 5.69 Å². The summed E-state index contributed by atoms with van der Waals surface area (Å²) in [5.41, 5.74) is 8.54. The first-order chi connectivity index (χ1) is 17.8. The Kier molecular flexibility index (Phi) is 10.7. The van der Waals surface area contributed by atoms with Crippen LogP contribution in [0.3, 0.4) is 0 Å². The van der Waals surface area contributed by atoms with Crippen molar-refractivity contribution in [3.05, 3.63) is 64.1 Å². The summed E-state index contributed by atoms with van der Waals surface area (Å²) in [6, 6.07) is 11.1. The summed E-state index contributed by atoms with van der Waals surface area (Å²) < 4.78 is 12.9. The van der Waals surface area contributed by atoms with E-state index in [9.17, 15) is 9.59 Å². The van der Waals surface area contributed by atoms with Crippen molar-refractivity contribution >= 4 is 45.3 Å². The minimum atomic E-state index is -0.464. The molecule has 1 amide bonds. The number of para-hydroxylation sites is 1. The zero-order valence-corrected chi connectivity index (χ0v) is 24.9. The molecule has 2 aliphatic rings. The fourth-order valence-corrected chi connectivity index (χ4v) is 4.70. The lowest BCUT2D eigenvalue weighted by Gasteiger charge is -2.45. The molecule has 2 aromatic rings. The molecule has 38 heavy (non-hydrogen) atoms. The van der Waals surface area contributed by atoms with Gasteiger partial charge in [0, 0.05) is 59.7 Å². The number of anilines is 1. The summed E-state index contributed by atoms with van der Waals surface area (Å²) >= 11 is 3.50. The average molecular weight is 587 g/mol. The second kappa shape index (κ2) is 13.1. The van der Waals surface area contributed by atoms with E-state index in [1.165, 1.54) is 6.92 Å². The molecule has 206 valence electrons. The first kappa shape index (κ1) is 31.1. The zero-order chi connectivity index (χ0) is 28.7. The summed E-state index contributed by atoms with van der Waals surface area (Å²) in [4.78, 5) is 25.0. The van der Waals surface area contributed by atoms with Crippen molar-refractivity contribution in [2.24, 2.45) is 0 Å². The molecule has 2 heterocycles. The van der Waals surface area contributed by atoms with E-state index in [1.54, 1.807) is 23.1 Å². The predicted octanol–water partition coefficient (Wildman–Crippen LogP) is 7.51. The molecule has 1 saturated heterocycles. The van der Waals surface area contributed by atoms with Crippen LogP contribution in [-0.2, 0) is 4.74 Å². The molecule has 0 radical (unpaired) electrons. The SMILES string of the molecule is C=C1CC2(CCN(C(=O)OC(C)(C)C)CC2)Oc2ccc(Br)cc21.CC.CC(=O)c1cccc(C=N)c1N. The van der Waals surface area contributed by atoms with Crippen LogP contribution < -0.4 is 10.5 Å². The number of ether oxygens (including phenoxy) is 2. The Bertz CT molecular complexity index is 1180. The molecule has 0 unspecified atom stereocenters. The summed E-state index contributed by atoms with van der Waals surface area (Å²) in [5, 5.41) is 7.01. The third kappa shape index (κ3) is 7.93. The fourth-order valence-electron chi connectivity index (χ4n) is 4.34. The molecule has 7 nitrogen and oxygen atoms in total. The van der Waals surface area contributed by atoms with Crippen LogP contribution in [-0.4, -0.2) is 47.3 Å². The Morgan fingerprint density at radius 3 is 2.37 bits per heavy atom. The number of amides is 1. The maximum Gasteiger partial charge on any atom is 0.410 e. The van der Waals surface area contributed by atoms with Gasteiger partial charge in [0.2, 0.25) is 0 Å². The fraction of sp³-hybridized carbons (Fsp3) is 0.433. The molecule has 0 saturated carbocycles. The molecule has 0 atom stereocenters. The van der Waals surface area contributed by atoms with Crippen LogP contribution in [0.4, 0.5) is 10.5 Å². The number of carbonyl (C=O) groups is 2. The smallest absolute Gasteiger partial charge is 0.410 e. The molecule has 4 rings (SSSR count). The molecule has 2 aliphatic heterocycles. The van der Waals surface area contributed by atoms with Crippen molar-refractivity contribution in [1.29, 1.82) is 5.41 Å². The maximum atomic E-state index is 12.2. The van der Waals surface area contributed by atoms with E-state index in [1.807, 2.05) is 46.8 Å². The minimum Gasteiger partial charge on any atom is -0.486 e. The van der Waals surface area contributed by atoms with Crippen molar-refractivity contribution in [2.45, 2.75) is 72.0 Å². The molecule has 1 spiro atoms. The molecular formula is C30H40BrN3O4. The first-order valence-corrected chi connectivity index (χ1v) is 13.7. The van der Waals surface area contributed by atoms with Crippen molar-refractivity contribution < 1.29 is 19.1 Å². The second-order valence-electron chi connectivity index (χ2n) is 10.2. The number of benzene rings is 2. The van der Waals surface area contributed by atoms with E-state index in [-0.39, 0.29) is 17.5 Å². The highest BCUT2D eigenvalue weighted by atomic mass is 79.9. The third-order valence-electron chi connectivity index (χ3n) is 6.19. The standard InChI is InChI=1S/C19H24BrNO3.C9H10N2O.C2H6/c1-13-12-19(23-16-6-5-14(20)11-15(13)16)7-9-21(10-8-19)17(22)24-18(2,3)4;1-6(12)8-4-2-3-7(5-10)9(8)11;1-2/h5-6,11H,1,7-10,12H2,2-4H3;2-5,10H,11H2,1H3;1-2H3. The van der Waals surface area contributed by atoms with Gasteiger partial charge in [-0.3, -0.25) is 4.79 Å². The van der Waals surface area contributed by atoms with Crippen molar-refractivity contribution in [1.82, 2.24) is 4.90 Å². The number of nitrogen functional groups attached to an aromatic ring is 1. The second-order valence-corrected chi connectivity index (χ2v) is 11.1. The molecule has 0 aliphatic carbocycles. The number of hydrogen-bond donors (Lipinski definition) is 2. The Labute approximate surface area is 235 Å². The maximum absolute atomic E-state index is 12.2. The lowest BCUT2D eigenvalue weighted by molar-refractivity contribution is -0.0180. The number of nitrogens with zero attached hydrogens (tertiary/aromatic N) is 1. The summed E-state index contributed by atoms with van der Waals surface area (Å²) in [5.74, 6) is 0.816. The Hall–Kier alpha value is -3.13. The number of piperidine rings is 1. The van der Waals surface area contributed by atoms with Gasteiger partial charge in [-0.25, -0.2) is 4.79 Å². The van der Waals surface area contributed by atoms with Crippen LogP contribution in [0.1, 0.15) is 82.3 Å². The number of halogens is 1. The molecule has 8 heteroatoms. The number of carbonyl (C=O) groups excluding carboxylic acids is 2. The Morgan fingerprint density at radius 2 is 1.82 bits per heavy atom. The third-order valence-corrected chi connectivity index (χ3v) is 6.68. The van der Waals surface area contributed by atoms with E-state index < -0.39 is 5.60 Å². The van der Waals surface area contributed by atoms with Crippen LogP contribution in [0.5, 0.6) is 5.75 Å². The molecule has 2 aromatic carbocycles. The molecule has 3 N–H and O–H groups in total. The van der Waals surface area contributed by atoms with Gasteiger partial charge in [-0.2, -0.15) is 0 Å². The van der Waals surface area contributed by atoms with E-state index in [2.05, 4.69) is 28.6 Å². The quantitative estimate of drug-likeness (QED) is 0.215. The van der Waals surface area contributed by atoms with Gasteiger partial charge in [-0.05, 0) is 57.5 Å². The van der Waals surface area contributed by atoms with Gasteiger partial charge < -0.3 is 25.5 Å². The van der Waals surface area contributed by atoms with E-state index in [0.29, 0.717) is 29.9 Å². The number of fused-ring (bicyclic) bond motifs is 1. The van der Waals surface area contributed by atoms with Gasteiger partial charge in [0.25, 0.3) is 0 Å². The van der Waals surface area contributed by atoms with Crippen molar-refractivity contribution in [3.63, 3.8) is 0 Å². The van der Waals surface area contributed by atoms with Gasteiger partial charge in [-0.1, -0.05) is 48.5 Å². The Balaban J connectivity index is 0.000000305. The van der Waals surface area contributed by atoms with Crippen LogP contribution in [0.25, 0.3) is 5.57 Å². The number of Topliss-reactive ketones (excluding diaryl/α,β-unsaturated/α-hetero) is 1. The zero-order valence-electron chi connectivity index (χ0n) is 23.3. The highest BCUT2D eigenvalue weighted by molar-refractivity contribution is 9.10. The summed E-state index contributed by atoms with van der Waals surface area (Å²) in [6.45, 7) is 16.7.